The van der Waals surface area contributed by atoms with Crippen molar-refractivity contribution in [3.63, 3.8) is 0 Å². The van der Waals surface area contributed by atoms with Crippen LogP contribution in [0.2, 0.25) is 0 Å². The van der Waals surface area contributed by atoms with Gasteiger partial charge in [0.25, 0.3) is 0 Å². The smallest absolute Gasteiger partial charge is 0.338 e. The van der Waals surface area contributed by atoms with Crippen molar-refractivity contribution in [1.29, 1.82) is 0 Å². The highest BCUT2D eigenvalue weighted by atomic mass is 16.5. The van der Waals surface area contributed by atoms with Crippen molar-refractivity contribution in [2.24, 2.45) is 11.3 Å². The lowest BCUT2D eigenvalue weighted by molar-refractivity contribution is 0.0205. The molecule has 1 aromatic rings. The topological polar surface area (TPSA) is 26.3 Å². The molecule has 0 aromatic heterocycles. The summed E-state index contributed by atoms with van der Waals surface area (Å²) in [5, 5.41) is 0. The zero-order chi connectivity index (χ0) is 13.9. The molecule has 0 radical (unpaired) electrons. The average Bonchev–Trinajstić information content (AvgIpc) is 2.37. The van der Waals surface area contributed by atoms with Crippen LogP contribution in [0.4, 0.5) is 0 Å². The molecule has 1 aliphatic carbocycles. The lowest BCUT2D eigenvalue weighted by Gasteiger charge is -2.48. The van der Waals surface area contributed by atoms with Gasteiger partial charge in [0.15, 0.2) is 0 Å². The molecular formula is C17H22O2. The molecule has 0 bridgehead atoms. The second-order valence-electron chi connectivity index (χ2n) is 5.84. The number of rotatable bonds is 5. The molecule has 2 nitrogen and oxygen atoms in total. The van der Waals surface area contributed by atoms with E-state index in [0.717, 1.165) is 6.42 Å². The van der Waals surface area contributed by atoms with Crippen molar-refractivity contribution in [3.05, 3.63) is 48.0 Å². The Morgan fingerprint density at radius 2 is 2.11 bits per heavy atom. The van der Waals surface area contributed by atoms with E-state index in [1.807, 2.05) is 18.2 Å². The summed E-state index contributed by atoms with van der Waals surface area (Å²) in [5.74, 6) is 0.360. The van der Waals surface area contributed by atoms with Gasteiger partial charge in [0.1, 0.15) is 0 Å². The van der Waals surface area contributed by atoms with Crippen LogP contribution in [0.25, 0.3) is 0 Å². The van der Waals surface area contributed by atoms with Crippen LogP contribution < -0.4 is 0 Å². The van der Waals surface area contributed by atoms with Crippen LogP contribution >= 0.6 is 0 Å². The molecule has 2 rings (SSSR count). The maximum absolute atomic E-state index is 11.8. The van der Waals surface area contributed by atoms with E-state index in [1.54, 1.807) is 12.1 Å². The van der Waals surface area contributed by atoms with Crippen LogP contribution in [0.15, 0.2) is 42.5 Å². The van der Waals surface area contributed by atoms with Gasteiger partial charge in [-0.05, 0) is 49.7 Å². The van der Waals surface area contributed by atoms with Crippen LogP contribution in [-0.4, -0.2) is 12.6 Å². The van der Waals surface area contributed by atoms with Gasteiger partial charge in [0, 0.05) is 0 Å². The van der Waals surface area contributed by atoms with Crippen LogP contribution in [-0.2, 0) is 4.74 Å². The summed E-state index contributed by atoms with van der Waals surface area (Å²) >= 11 is 0. The van der Waals surface area contributed by atoms with Crippen molar-refractivity contribution in [1.82, 2.24) is 0 Å². The van der Waals surface area contributed by atoms with Gasteiger partial charge in [-0.3, -0.25) is 0 Å². The fourth-order valence-corrected chi connectivity index (χ4v) is 2.96. The standard InChI is InChI=1S/C17H22O2/c1-13(2)15-9-10-17(15,3)11-12-19-16(18)14-7-5-4-6-8-14/h4-8,15H,1,9-12H2,2-3H3/t15-,17-/m0/s1. The first-order valence-corrected chi connectivity index (χ1v) is 6.90. The molecule has 102 valence electrons. The predicted molar refractivity (Wildman–Crippen MR) is 77.0 cm³/mol. The second-order valence-corrected chi connectivity index (χ2v) is 5.84. The summed E-state index contributed by atoms with van der Waals surface area (Å²) in [6, 6.07) is 9.15. The third kappa shape index (κ3) is 3.06. The lowest BCUT2D eigenvalue weighted by Crippen LogP contribution is -2.39. The van der Waals surface area contributed by atoms with E-state index in [1.165, 1.54) is 18.4 Å². The Hall–Kier alpha value is -1.57. The largest absolute Gasteiger partial charge is 0.462 e. The number of hydrogen-bond donors (Lipinski definition) is 0. The number of benzene rings is 1. The molecular weight excluding hydrogens is 236 g/mol. The van der Waals surface area contributed by atoms with Gasteiger partial charge in [-0.1, -0.05) is 37.3 Å². The van der Waals surface area contributed by atoms with E-state index >= 15 is 0 Å². The van der Waals surface area contributed by atoms with E-state index in [4.69, 9.17) is 4.74 Å². The molecule has 19 heavy (non-hydrogen) atoms. The van der Waals surface area contributed by atoms with Gasteiger partial charge in [-0.2, -0.15) is 0 Å². The number of carbonyl (C=O) groups excluding carboxylic acids is 1. The lowest BCUT2D eigenvalue weighted by atomic mass is 9.57. The van der Waals surface area contributed by atoms with Crippen molar-refractivity contribution >= 4 is 5.97 Å². The first-order chi connectivity index (χ1) is 9.03. The molecule has 0 N–H and O–H groups in total. The molecule has 2 heteroatoms. The Morgan fingerprint density at radius 3 is 2.63 bits per heavy atom. The van der Waals surface area contributed by atoms with Crippen LogP contribution in [0.3, 0.4) is 0 Å². The molecule has 1 saturated carbocycles. The average molecular weight is 258 g/mol. The van der Waals surface area contributed by atoms with Crippen molar-refractivity contribution < 1.29 is 9.53 Å². The first-order valence-electron chi connectivity index (χ1n) is 6.90. The first kappa shape index (κ1) is 13.9. The maximum Gasteiger partial charge on any atom is 0.338 e. The molecule has 1 fully saturated rings. The SMILES string of the molecule is C=C(C)[C@@H]1CC[C@@]1(C)CCOC(=O)c1ccccc1. The number of esters is 1. The Balaban J connectivity index is 1.81. The van der Waals surface area contributed by atoms with E-state index in [2.05, 4.69) is 20.4 Å². The monoisotopic (exact) mass is 258 g/mol. The Morgan fingerprint density at radius 1 is 1.42 bits per heavy atom. The highest BCUT2D eigenvalue weighted by Gasteiger charge is 2.42. The molecule has 2 atom stereocenters. The van der Waals surface area contributed by atoms with E-state index in [-0.39, 0.29) is 11.4 Å². The Labute approximate surface area is 115 Å². The zero-order valence-corrected chi connectivity index (χ0v) is 11.8. The number of hydrogen-bond acceptors (Lipinski definition) is 2. The summed E-state index contributed by atoms with van der Waals surface area (Å²) < 4.78 is 5.36. The van der Waals surface area contributed by atoms with Gasteiger partial charge in [0.2, 0.25) is 0 Å². The third-order valence-corrected chi connectivity index (χ3v) is 4.36. The van der Waals surface area contributed by atoms with E-state index < -0.39 is 0 Å². The van der Waals surface area contributed by atoms with Crippen molar-refractivity contribution in [3.8, 4) is 0 Å². The summed E-state index contributed by atoms with van der Waals surface area (Å²) in [4.78, 5) is 11.8. The molecule has 1 aromatic carbocycles. The second kappa shape index (κ2) is 5.60. The molecule has 1 aliphatic rings. The van der Waals surface area contributed by atoms with Crippen LogP contribution in [0.5, 0.6) is 0 Å². The molecule has 0 saturated heterocycles. The Bertz CT molecular complexity index is 463. The minimum absolute atomic E-state index is 0.226. The van der Waals surface area contributed by atoms with Gasteiger partial charge in [-0.15, -0.1) is 0 Å². The summed E-state index contributed by atoms with van der Waals surface area (Å²) in [5.41, 5.74) is 2.14. The predicted octanol–water partition coefficient (Wildman–Crippen LogP) is 4.23. The fraction of sp³-hybridized carbons (Fsp3) is 0.471. The van der Waals surface area contributed by atoms with E-state index in [9.17, 15) is 4.79 Å². The number of allylic oxidation sites excluding steroid dienone is 1. The summed E-state index contributed by atoms with van der Waals surface area (Å²) in [6.07, 6.45) is 3.34. The molecule has 0 amide bonds. The van der Waals surface area contributed by atoms with Gasteiger partial charge in [-0.25, -0.2) is 4.79 Å². The zero-order valence-electron chi connectivity index (χ0n) is 11.8. The van der Waals surface area contributed by atoms with Gasteiger partial charge in [0.05, 0.1) is 12.2 Å². The fourth-order valence-electron chi connectivity index (χ4n) is 2.96. The minimum Gasteiger partial charge on any atom is -0.462 e. The normalized spacial score (nSPS) is 25.5. The van der Waals surface area contributed by atoms with Gasteiger partial charge >= 0.3 is 5.97 Å². The van der Waals surface area contributed by atoms with Crippen molar-refractivity contribution in [2.75, 3.05) is 6.61 Å². The maximum atomic E-state index is 11.8. The molecule has 0 aliphatic heterocycles. The highest BCUT2D eigenvalue weighted by molar-refractivity contribution is 5.89. The highest BCUT2D eigenvalue weighted by Crippen LogP contribution is 2.51. The molecule has 0 spiro atoms. The molecule has 0 unspecified atom stereocenters. The Kier molecular flexibility index (Phi) is 4.08. The third-order valence-electron chi connectivity index (χ3n) is 4.36. The number of carbonyl (C=O) groups is 1. The van der Waals surface area contributed by atoms with Crippen LogP contribution in [0, 0.1) is 11.3 Å². The van der Waals surface area contributed by atoms with E-state index in [0.29, 0.717) is 18.1 Å². The quantitative estimate of drug-likeness (QED) is 0.583. The van der Waals surface area contributed by atoms with Crippen molar-refractivity contribution in [2.45, 2.75) is 33.1 Å². The summed E-state index contributed by atoms with van der Waals surface area (Å²) in [7, 11) is 0. The minimum atomic E-state index is -0.226. The van der Waals surface area contributed by atoms with Crippen LogP contribution in [0.1, 0.15) is 43.5 Å². The van der Waals surface area contributed by atoms with Gasteiger partial charge < -0.3 is 4.74 Å². The molecule has 0 heterocycles. The number of ether oxygens (including phenoxy) is 1. The summed E-state index contributed by atoms with van der Waals surface area (Å²) in [6.45, 7) is 8.91.